The van der Waals surface area contributed by atoms with E-state index in [4.69, 9.17) is 4.74 Å². The number of halogens is 2. The van der Waals surface area contributed by atoms with Crippen molar-refractivity contribution in [1.29, 1.82) is 0 Å². The minimum absolute atomic E-state index is 0.0730. The highest BCUT2D eigenvalue weighted by atomic mass is 32.2. The van der Waals surface area contributed by atoms with E-state index in [-0.39, 0.29) is 22.8 Å². The number of sulfonamides is 1. The lowest BCUT2D eigenvalue weighted by Crippen LogP contribution is -2.21. The molecule has 2 aromatic carbocycles. The highest BCUT2D eigenvalue weighted by molar-refractivity contribution is 7.92. The standard InChI is InChI=1S/C23H22F2N2O4S/c1-3-32(29,30)26-15-8-10-21(31-22-9-7-14(24)11-20(22)25)18(12-15)19-13-27(2)23(28)17-6-4-5-16(17)19/h7-13,26H,3-6H2,1-2H3. The number of benzene rings is 2. The lowest BCUT2D eigenvalue weighted by atomic mass is 9.98. The zero-order valence-electron chi connectivity index (χ0n) is 17.6. The maximum atomic E-state index is 14.3. The summed E-state index contributed by atoms with van der Waals surface area (Å²) in [6.07, 6.45) is 3.84. The first-order chi connectivity index (χ1) is 15.2. The van der Waals surface area contributed by atoms with Gasteiger partial charge in [-0.1, -0.05) is 0 Å². The fourth-order valence-electron chi connectivity index (χ4n) is 3.87. The molecule has 1 N–H and O–H groups in total. The number of rotatable bonds is 6. The summed E-state index contributed by atoms with van der Waals surface area (Å²) < 4.78 is 61.5. The van der Waals surface area contributed by atoms with Gasteiger partial charge < -0.3 is 9.30 Å². The molecule has 0 amide bonds. The molecule has 0 saturated heterocycles. The van der Waals surface area contributed by atoms with E-state index in [1.54, 1.807) is 19.3 Å². The third-order valence-corrected chi connectivity index (χ3v) is 6.79. The average molecular weight is 461 g/mol. The van der Waals surface area contributed by atoms with E-state index in [9.17, 15) is 22.0 Å². The van der Waals surface area contributed by atoms with E-state index in [1.165, 1.54) is 29.7 Å². The predicted octanol–water partition coefficient (Wildman–Crippen LogP) is 4.37. The lowest BCUT2D eigenvalue weighted by molar-refractivity contribution is 0.439. The van der Waals surface area contributed by atoms with Crippen molar-refractivity contribution < 1.29 is 21.9 Å². The maximum Gasteiger partial charge on any atom is 0.253 e. The van der Waals surface area contributed by atoms with Gasteiger partial charge in [0.1, 0.15) is 11.6 Å². The van der Waals surface area contributed by atoms with Gasteiger partial charge in [-0.3, -0.25) is 9.52 Å². The van der Waals surface area contributed by atoms with Gasteiger partial charge in [-0.15, -0.1) is 0 Å². The summed E-state index contributed by atoms with van der Waals surface area (Å²) in [5.74, 6) is -1.61. The SMILES string of the molecule is CCS(=O)(=O)Nc1ccc(Oc2ccc(F)cc2F)c(-c2cn(C)c(=O)c3c2CCC3)c1. The van der Waals surface area contributed by atoms with Crippen LogP contribution in [-0.4, -0.2) is 18.7 Å². The number of nitrogens with one attached hydrogen (secondary N) is 1. The van der Waals surface area contributed by atoms with Gasteiger partial charge in [-0.05, 0) is 62.1 Å². The van der Waals surface area contributed by atoms with Crippen LogP contribution in [0.15, 0.2) is 47.4 Å². The topological polar surface area (TPSA) is 77.4 Å². The van der Waals surface area contributed by atoms with Gasteiger partial charge >= 0.3 is 0 Å². The quantitative estimate of drug-likeness (QED) is 0.593. The second-order valence-electron chi connectivity index (χ2n) is 7.66. The monoisotopic (exact) mass is 460 g/mol. The Kier molecular flexibility index (Phi) is 5.77. The minimum Gasteiger partial charge on any atom is -0.454 e. The van der Waals surface area contributed by atoms with Crippen molar-refractivity contribution >= 4 is 15.7 Å². The molecule has 1 aliphatic rings. The molecular weight excluding hydrogens is 438 g/mol. The third-order valence-electron chi connectivity index (χ3n) is 5.48. The summed E-state index contributed by atoms with van der Waals surface area (Å²) in [5.41, 5.74) is 3.02. The van der Waals surface area contributed by atoms with Crippen LogP contribution in [-0.2, 0) is 29.9 Å². The van der Waals surface area contributed by atoms with Gasteiger partial charge in [0.05, 0.1) is 5.75 Å². The zero-order chi connectivity index (χ0) is 23.0. The first-order valence-corrected chi connectivity index (χ1v) is 11.8. The molecule has 168 valence electrons. The number of aryl methyl sites for hydroxylation is 1. The molecule has 0 fully saturated rings. The molecule has 1 aliphatic carbocycles. The van der Waals surface area contributed by atoms with Crippen LogP contribution in [0.1, 0.15) is 24.5 Å². The molecule has 4 rings (SSSR count). The van der Waals surface area contributed by atoms with Crippen LogP contribution in [0.25, 0.3) is 11.1 Å². The zero-order valence-corrected chi connectivity index (χ0v) is 18.4. The fourth-order valence-corrected chi connectivity index (χ4v) is 4.50. The molecule has 0 saturated carbocycles. The number of nitrogens with zero attached hydrogens (tertiary/aromatic N) is 1. The largest absolute Gasteiger partial charge is 0.454 e. The van der Waals surface area contributed by atoms with Crippen LogP contribution in [0, 0.1) is 11.6 Å². The van der Waals surface area contributed by atoms with Gasteiger partial charge in [0, 0.05) is 41.7 Å². The van der Waals surface area contributed by atoms with Gasteiger partial charge in [0.15, 0.2) is 11.6 Å². The van der Waals surface area contributed by atoms with Crippen molar-refractivity contribution in [2.24, 2.45) is 7.05 Å². The molecule has 6 nitrogen and oxygen atoms in total. The molecule has 1 heterocycles. The molecule has 3 aromatic rings. The number of ether oxygens (including phenoxy) is 1. The molecule has 0 bridgehead atoms. The Morgan fingerprint density at radius 1 is 1.03 bits per heavy atom. The minimum atomic E-state index is -3.53. The smallest absolute Gasteiger partial charge is 0.253 e. The van der Waals surface area contributed by atoms with Gasteiger partial charge in [-0.2, -0.15) is 0 Å². The summed E-state index contributed by atoms with van der Waals surface area (Å²) in [6, 6.07) is 7.64. The normalized spacial score (nSPS) is 13.1. The Balaban J connectivity index is 1.89. The Bertz CT molecular complexity index is 1370. The van der Waals surface area contributed by atoms with Crippen LogP contribution in [0.2, 0.25) is 0 Å². The molecular formula is C23H22F2N2O4S. The number of fused-ring (bicyclic) bond motifs is 1. The Morgan fingerprint density at radius 2 is 1.75 bits per heavy atom. The number of anilines is 1. The molecule has 0 atom stereocenters. The van der Waals surface area contributed by atoms with Gasteiger partial charge in [-0.25, -0.2) is 17.2 Å². The van der Waals surface area contributed by atoms with Crippen LogP contribution in [0.5, 0.6) is 11.5 Å². The van der Waals surface area contributed by atoms with E-state index in [0.29, 0.717) is 35.2 Å². The molecule has 1 aromatic heterocycles. The number of pyridine rings is 1. The summed E-state index contributed by atoms with van der Waals surface area (Å²) in [7, 11) is -1.88. The third kappa shape index (κ3) is 4.25. The molecule has 0 unspecified atom stereocenters. The van der Waals surface area contributed by atoms with Crippen LogP contribution >= 0.6 is 0 Å². The molecule has 0 radical (unpaired) electrons. The molecule has 32 heavy (non-hydrogen) atoms. The molecule has 9 heteroatoms. The van der Waals surface area contributed by atoms with Gasteiger partial charge in [0.25, 0.3) is 5.56 Å². The first kappa shape index (κ1) is 22.0. The van der Waals surface area contributed by atoms with Crippen molar-refractivity contribution in [3.05, 3.63) is 75.7 Å². The lowest BCUT2D eigenvalue weighted by Gasteiger charge is -2.17. The van der Waals surface area contributed by atoms with E-state index in [0.717, 1.165) is 24.1 Å². The summed E-state index contributed by atoms with van der Waals surface area (Å²) in [6.45, 7) is 1.53. The van der Waals surface area contributed by atoms with Crippen LogP contribution in [0.3, 0.4) is 0 Å². The van der Waals surface area contributed by atoms with Crippen LogP contribution < -0.4 is 15.0 Å². The van der Waals surface area contributed by atoms with E-state index in [2.05, 4.69) is 4.72 Å². The number of aromatic nitrogens is 1. The van der Waals surface area contributed by atoms with Crippen molar-refractivity contribution in [2.75, 3.05) is 10.5 Å². The second-order valence-corrected chi connectivity index (χ2v) is 9.67. The second kappa shape index (κ2) is 8.38. The van der Waals surface area contributed by atoms with Gasteiger partial charge in [0.2, 0.25) is 10.0 Å². The number of hydrogen-bond acceptors (Lipinski definition) is 4. The summed E-state index contributed by atoms with van der Waals surface area (Å²) >= 11 is 0. The summed E-state index contributed by atoms with van der Waals surface area (Å²) in [5, 5.41) is 0. The Labute approximate surface area is 184 Å². The average Bonchev–Trinajstić information content (AvgIpc) is 3.24. The van der Waals surface area contributed by atoms with Crippen LogP contribution in [0.4, 0.5) is 14.5 Å². The first-order valence-electron chi connectivity index (χ1n) is 10.2. The van der Waals surface area contributed by atoms with E-state index in [1.807, 2.05) is 0 Å². The Morgan fingerprint density at radius 3 is 2.47 bits per heavy atom. The van der Waals surface area contributed by atoms with Crippen molar-refractivity contribution in [1.82, 2.24) is 4.57 Å². The molecule has 0 aliphatic heterocycles. The molecule has 0 spiro atoms. The maximum absolute atomic E-state index is 14.3. The van der Waals surface area contributed by atoms with E-state index < -0.39 is 21.7 Å². The fraction of sp³-hybridized carbons (Fsp3) is 0.261. The Hall–Kier alpha value is -3.20. The summed E-state index contributed by atoms with van der Waals surface area (Å²) in [4.78, 5) is 12.5. The van der Waals surface area contributed by atoms with Crippen molar-refractivity contribution in [3.63, 3.8) is 0 Å². The number of hydrogen-bond donors (Lipinski definition) is 1. The van der Waals surface area contributed by atoms with Crippen molar-refractivity contribution in [2.45, 2.75) is 26.2 Å². The predicted molar refractivity (Wildman–Crippen MR) is 119 cm³/mol. The van der Waals surface area contributed by atoms with E-state index >= 15 is 0 Å². The van der Waals surface area contributed by atoms with Crippen molar-refractivity contribution in [3.8, 4) is 22.6 Å². The highest BCUT2D eigenvalue weighted by Crippen LogP contribution is 2.40. The highest BCUT2D eigenvalue weighted by Gasteiger charge is 2.23.